The molecule has 0 saturated carbocycles. The number of ether oxygens (including phenoxy) is 1. The number of carbonyl (C=O) groups is 1. The molecule has 0 aliphatic rings. The molecule has 24 heavy (non-hydrogen) atoms. The van der Waals surface area contributed by atoms with Gasteiger partial charge in [-0.15, -0.1) is 28.0 Å². The zero-order valence-corrected chi connectivity index (χ0v) is 15.1. The summed E-state index contributed by atoms with van der Waals surface area (Å²) in [6, 6.07) is 7.70. The van der Waals surface area contributed by atoms with Crippen LogP contribution in [0.25, 0.3) is 16.2 Å². The molecular weight excluding hydrogens is 348 g/mol. The van der Waals surface area contributed by atoms with Gasteiger partial charge in [0, 0.05) is 16.8 Å². The van der Waals surface area contributed by atoms with Crippen LogP contribution < -0.4 is 10.1 Å². The molecule has 2 aromatic heterocycles. The topological polar surface area (TPSA) is 68.5 Å². The van der Waals surface area contributed by atoms with Gasteiger partial charge in [-0.1, -0.05) is 12.1 Å². The first-order valence-corrected chi connectivity index (χ1v) is 8.72. The fourth-order valence-electron chi connectivity index (χ4n) is 2.05. The predicted octanol–water partition coefficient (Wildman–Crippen LogP) is 3.67. The summed E-state index contributed by atoms with van der Waals surface area (Å²) in [6.45, 7) is 3.55. The first kappa shape index (κ1) is 16.7. The van der Waals surface area contributed by atoms with Crippen molar-refractivity contribution >= 4 is 39.8 Å². The molecule has 0 unspecified atom stereocenters. The minimum absolute atomic E-state index is 0.210. The average molecular weight is 365 g/mol. The third-order valence-corrected chi connectivity index (χ3v) is 5.11. The lowest BCUT2D eigenvalue weighted by molar-refractivity contribution is -0.123. The number of halogens is 1. The number of fused-ring (bicyclic) bond motifs is 1. The van der Waals surface area contributed by atoms with Crippen LogP contribution in [0.5, 0.6) is 5.75 Å². The number of nitrogens with zero attached hydrogens (tertiary/aromatic N) is 3. The van der Waals surface area contributed by atoms with Crippen molar-refractivity contribution in [2.45, 2.75) is 13.8 Å². The second-order valence-corrected chi connectivity index (χ2v) is 7.06. The number of methoxy groups -OCH3 is 1. The molecule has 0 fully saturated rings. The van der Waals surface area contributed by atoms with Crippen molar-refractivity contribution in [1.29, 1.82) is 0 Å². The summed E-state index contributed by atoms with van der Waals surface area (Å²) in [6.07, 6.45) is 0. The lowest BCUT2D eigenvalue weighted by Crippen LogP contribution is -2.32. The van der Waals surface area contributed by atoms with E-state index in [0.29, 0.717) is 4.96 Å². The van der Waals surface area contributed by atoms with Gasteiger partial charge < -0.3 is 4.74 Å². The van der Waals surface area contributed by atoms with Gasteiger partial charge >= 0.3 is 0 Å². The molecule has 3 rings (SSSR count). The van der Waals surface area contributed by atoms with E-state index >= 15 is 0 Å². The highest BCUT2D eigenvalue weighted by molar-refractivity contribution is 7.15. The molecule has 6 nitrogen and oxygen atoms in total. The number of benzene rings is 1. The Labute approximate surface area is 148 Å². The maximum absolute atomic E-state index is 12.2. The number of carbonyl (C=O) groups excluding carboxylic acids is 1. The van der Waals surface area contributed by atoms with Crippen LogP contribution in [0.1, 0.15) is 13.8 Å². The highest BCUT2D eigenvalue weighted by atomic mass is 35.5. The SMILES string of the molecule is COc1cccc(-c2csc3nc(NC(=O)C(C)(C)CCl)nn23)c1. The quantitative estimate of drug-likeness (QED) is 0.701. The van der Waals surface area contributed by atoms with Crippen LogP contribution in [0, 0.1) is 5.41 Å². The van der Waals surface area contributed by atoms with Gasteiger partial charge in [0.05, 0.1) is 18.2 Å². The molecule has 0 aliphatic carbocycles. The van der Waals surface area contributed by atoms with Crippen LogP contribution in [0.2, 0.25) is 0 Å². The van der Waals surface area contributed by atoms with Crippen molar-refractivity contribution in [2.75, 3.05) is 18.3 Å². The maximum Gasteiger partial charge on any atom is 0.250 e. The molecule has 1 aromatic carbocycles. The van der Waals surface area contributed by atoms with Gasteiger partial charge in [-0.3, -0.25) is 10.1 Å². The molecule has 2 heterocycles. The number of amides is 1. The molecule has 0 spiro atoms. The van der Waals surface area contributed by atoms with E-state index in [9.17, 15) is 4.79 Å². The minimum Gasteiger partial charge on any atom is -0.497 e. The van der Waals surface area contributed by atoms with Gasteiger partial charge in [0.2, 0.25) is 16.8 Å². The van der Waals surface area contributed by atoms with Crippen molar-refractivity contribution in [2.24, 2.45) is 5.41 Å². The zero-order chi connectivity index (χ0) is 17.3. The summed E-state index contributed by atoms with van der Waals surface area (Å²) >= 11 is 7.28. The zero-order valence-electron chi connectivity index (χ0n) is 13.5. The number of anilines is 1. The average Bonchev–Trinajstić information content (AvgIpc) is 3.14. The van der Waals surface area contributed by atoms with Gasteiger partial charge in [-0.2, -0.15) is 4.98 Å². The van der Waals surface area contributed by atoms with E-state index in [1.54, 1.807) is 25.5 Å². The Hall–Kier alpha value is -2.12. The number of hydrogen-bond acceptors (Lipinski definition) is 5. The molecule has 0 atom stereocenters. The number of alkyl halides is 1. The number of rotatable bonds is 5. The number of thiazole rings is 1. The Morgan fingerprint density at radius 2 is 2.25 bits per heavy atom. The van der Waals surface area contributed by atoms with Gasteiger partial charge in [0.25, 0.3) is 0 Å². The third-order valence-electron chi connectivity index (χ3n) is 3.62. The summed E-state index contributed by atoms with van der Waals surface area (Å²) in [5, 5.41) is 9.09. The van der Waals surface area contributed by atoms with E-state index < -0.39 is 5.41 Å². The van der Waals surface area contributed by atoms with Crippen molar-refractivity contribution in [3.63, 3.8) is 0 Å². The molecule has 1 N–H and O–H groups in total. The number of aromatic nitrogens is 3. The van der Waals surface area contributed by atoms with Crippen molar-refractivity contribution < 1.29 is 9.53 Å². The highest BCUT2D eigenvalue weighted by Crippen LogP contribution is 2.28. The molecule has 8 heteroatoms. The molecule has 0 bridgehead atoms. The Balaban J connectivity index is 1.93. The monoisotopic (exact) mass is 364 g/mol. The van der Waals surface area contributed by atoms with Gasteiger partial charge in [-0.05, 0) is 26.0 Å². The maximum atomic E-state index is 12.2. The van der Waals surface area contributed by atoms with Gasteiger partial charge in [0.1, 0.15) is 5.75 Å². The van der Waals surface area contributed by atoms with Gasteiger partial charge in [-0.25, -0.2) is 4.52 Å². The van der Waals surface area contributed by atoms with Crippen molar-refractivity contribution in [3.8, 4) is 17.0 Å². The second kappa shape index (κ2) is 6.41. The van der Waals surface area contributed by atoms with E-state index in [2.05, 4.69) is 15.4 Å². The van der Waals surface area contributed by atoms with Crippen molar-refractivity contribution in [1.82, 2.24) is 14.6 Å². The normalized spacial score (nSPS) is 11.7. The predicted molar refractivity (Wildman–Crippen MR) is 96.0 cm³/mol. The molecule has 126 valence electrons. The molecular formula is C16H17ClN4O2S. The first-order chi connectivity index (χ1) is 11.4. The van der Waals surface area contributed by atoms with Crippen LogP contribution in [0.4, 0.5) is 5.95 Å². The van der Waals surface area contributed by atoms with E-state index in [0.717, 1.165) is 17.0 Å². The smallest absolute Gasteiger partial charge is 0.250 e. The lowest BCUT2D eigenvalue weighted by Gasteiger charge is -2.18. The Morgan fingerprint density at radius 3 is 2.96 bits per heavy atom. The van der Waals surface area contributed by atoms with Crippen molar-refractivity contribution in [3.05, 3.63) is 29.6 Å². The van der Waals surface area contributed by atoms with Crippen LogP contribution in [-0.2, 0) is 4.79 Å². The highest BCUT2D eigenvalue weighted by Gasteiger charge is 2.27. The second-order valence-electron chi connectivity index (χ2n) is 5.95. The summed E-state index contributed by atoms with van der Waals surface area (Å²) < 4.78 is 6.97. The fraction of sp³-hybridized carbons (Fsp3) is 0.312. The Morgan fingerprint density at radius 1 is 1.46 bits per heavy atom. The Bertz CT molecular complexity index is 887. The molecule has 0 aliphatic heterocycles. The molecule has 1 amide bonds. The lowest BCUT2D eigenvalue weighted by atomic mass is 9.95. The number of nitrogens with one attached hydrogen (secondary N) is 1. The summed E-state index contributed by atoms with van der Waals surface area (Å²) in [5.41, 5.74) is 1.17. The molecule has 0 saturated heterocycles. The molecule has 0 radical (unpaired) electrons. The largest absolute Gasteiger partial charge is 0.497 e. The van der Waals surface area contributed by atoms with Crippen LogP contribution in [-0.4, -0.2) is 33.5 Å². The third kappa shape index (κ3) is 3.09. The van der Waals surface area contributed by atoms with Crippen LogP contribution >= 0.6 is 22.9 Å². The Kier molecular flexibility index (Phi) is 4.47. The standard InChI is InChI=1S/C16H17ClN4O2S/c1-16(2,9-17)13(22)18-14-19-15-21(20-14)12(8-24-15)10-5-4-6-11(7-10)23-3/h4-8H,9H2,1-3H3,(H,18,20,22). The summed E-state index contributed by atoms with van der Waals surface area (Å²) in [4.78, 5) is 17.3. The van der Waals surface area contributed by atoms with Crippen LogP contribution in [0.15, 0.2) is 29.6 Å². The summed E-state index contributed by atoms with van der Waals surface area (Å²) in [5.74, 6) is 1.05. The van der Waals surface area contributed by atoms with Gasteiger partial charge in [0.15, 0.2) is 0 Å². The van der Waals surface area contributed by atoms with E-state index in [1.807, 2.05) is 29.6 Å². The minimum atomic E-state index is -0.685. The van der Waals surface area contributed by atoms with E-state index in [4.69, 9.17) is 16.3 Å². The number of hydrogen-bond donors (Lipinski definition) is 1. The fourth-order valence-corrected chi connectivity index (χ4v) is 3.00. The van der Waals surface area contributed by atoms with E-state index in [1.165, 1.54) is 11.3 Å². The summed E-state index contributed by atoms with van der Waals surface area (Å²) in [7, 11) is 1.63. The first-order valence-electron chi connectivity index (χ1n) is 7.31. The van der Waals surface area contributed by atoms with Crippen LogP contribution in [0.3, 0.4) is 0 Å². The van der Waals surface area contributed by atoms with E-state index in [-0.39, 0.29) is 17.7 Å². The molecule has 3 aromatic rings.